The molecule has 2 N–H and O–H groups in total. The topological polar surface area (TPSA) is 101 Å². The van der Waals surface area contributed by atoms with Gasteiger partial charge in [0.15, 0.2) is 9.84 Å². The number of hydrogen-bond acceptors (Lipinski definition) is 4. The standard InChI is InChI=1S/C19H19N3O4S/c1-27(25,26)16-9-7-14(8-10-16)11-20-18(23)17-12-21-19(24)22(17)13-15-5-3-2-4-6-15/h2-10,12H,11,13H2,1H3,(H,20,23)(H,21,24). The zero-order valence-corrected chi connectivity index (χ0v) is 15.5. The van der Waals surface area contributed by atoms with Crippen LogP contribution in [0.2, 0.25) is 0 Å². The van der Waals surface area contributed by atoms with Crippen molar-refractivity contribution in [2.24, 2.45) is 0 Å². The lowest BCUT2D eigenvalue weighted by molar-refractivity contribution is 0.0941. The van der Waals surface area contributed by atoms with Crippen molar-refractivity contribution < 1.29 is 13.2 Å². The Morgan fingerprint density at radius 1 is 1.04 bits per heavy atom. The molecule has 140 valence electrons. The Hall–Kier alpha value is -3.13. The number of H-pyrrole nitrogens is 1. The number of rotatable bonds is 6. The second-order valence-electron chi connectivity index (χ2n) is 6.15. The molecule has 0 aliphatic heterocycles. The third kappa shape index (κ3) is 4.53. The van der Waals surface area contributed by atoms with Gasteiger partial charge in [-0.25, -0.2) is 13.2 Å². The van der Waals surface area contributed by atoms with Crippen LogP contribution in [0.1, 0.15) is 21.6 Å². The number of benzene rings is 2. The molecule has 2 aromatic carbocycles. The Kier molecular flexibility index (Phi) is 5.27. The Bertz CT molecular complexity index is 1100. The van der Waals surface area contributed by atoms with E-state index in [1.807, 2.05) is 30.3 Å². The fourth-order valence-electron chi connectivity index (χ4n) is 2.63. The fourth-order valence-corrected chi connectivity index (χ4v) is 3.26. The van der Waals surface area contributed by atoms with Gasteiger partial charge < -0.3 is 10.3 Å². The lowest BCUT2D eigenvalue weighted by Gasteiger charge is -2.09. The molecule has 1 aromatic heterocycles. The minimum Gasteiger partial charge on any atom is -0.347 e. The largest absolute Gasteiger partial charge is 0.347 e. The number of sulfone groups is 1. The fraction of sp³-hybridized carbons (Fsp3) is 0.158. The summed E-state index contributed by atoms with van der Waals surface area (Å²) >= 11 is 0. The highest BCUT2D eigenvalue weighted by molar-refractivity contribution is 7.90. The van der Waals surface area contributed by atoms with Crippen molar-refractivity contribution in [3.63, 3.8) is 0 Å². The molecule has 0 saturated heterocycles. The molecule has 27 heavy (non-hydrogen) atoms. The highest BCUT2D eigenvalue weighted by Gasteiger charge is 2.14. The van der Waals surface area contributed by atoms with Crippen molar-refractivity contribution in [1.82, 2.24) is 14.9 Å². The summed E-state index contributed by atoms with van der Waals surface area (Å²) in [5, 5.41) is 2.74. The Labute approximate surface area is 156 Å². The van der Waals surface area contributed by atoms with Gasteiger partial charge in [0.2, 0.25) is 0 Å². The zero-order valence-electron chi connectivity index (χ0n) is 14.7. The number of carbonyl (C=O) groups excluding carboxylic acids is 1. The van der Waals surface area contributed by atoms with Gasteiger partial charge in [0.1, 0.15) is 5.69 Å². The van der Waals surface area contributed by atoms with Crippen LogP contribution in [0.4, 0.5) is 0 Å². The second-order valence-corrected chi connectivity index (χ2v) is 8.17. The third-order valence-electron chi connectivity index (χ3n) is 4.09. The average Bonchev–Trinajstić information content (AvgIpc) is 3.01. The first-order chi connectivity index (χ1) is 12.8. The summed E-state index contributed by atoms with van der Waals surface area (Å²) in [7, 11) is -3.26. The van der Waals surface area contributed by atoms with Crippen molar-refractivity contribution >= 4 is 15.7 Å². The van der Waals surface area contributed by atoms with Gasteiger partial charge >= 0.3 is 5.69 Å². The van der Waals surface area contributed by atoms with Crippen LogP contribution in [0.25, 0.3) is 0 Å². The maximum atomic E-state index is 12.5. The van der Waals surface area contributed by atoms with Crippen LogP contribution in [0, 0.1) is 0 Å². The molecular weight excluding hydrogens is 366 g/mol. The quantitative estimate of drug-likeness (QED) is 0.672. The SMILES string of the molecule is CS(=O)(=O)c1ccc(CNC(=O)c2c[nH]c(=O)n2Cc2ccccc2)cc1. The normalized spacial score (nSPS) is 11.3. The molecule has 3 aromatic rings. The molecule has 7 nitrogen and oxygen atoms in total. The van der Waals surface area contributed by atoms with Crippen LogP contribution >= 0.6 is 0 Å². The Balaban J connectivity index is 1.71. The van der Waals surface area contributed by atoms with Gasteiger partial charge in [-0.15, -0.1) is 0 Å². The Morgan fingerprint density at radius 2 is 1.70 bits per heavy atom. The monoisotopic (exact) mass is 385 g/mol. The maximum Gasteiger partial charge on any atom is 0.326 e. The number of aromatic amines is 1. The minimum atomic E-state index is -3.26. The van der Waals surface area contributed by atoms with Gasteiger partial charge in [0, 0.05) is 19.0 Å². The van der Waals surface area contributed by atoms with Crippen LogP contribution in [-0.2, 0) is 22.9 Å². The first-order valence-electron chi connectivity index (χ1n) is 8.24. The molecule has 0 fully saturated rings. The van der Waals surface area contributed by atoms with E-state index in [1.165, 1.54) is 22.9 Å². The molecule has 0 unspecified atom stereocenters. The van der Waals surface area contributed by atoms with Crippen LogP contribution in [-0.4, -0.2) is 30.1 Å². The predicted molar refractivity (Wildman–Crippen MR) is 101 cm³/mol. The van der Waals surface area contributed by atoms with Crippen molar-refractivity contribution in [3.8, 4) is 0 Å². The Morgan fingerprint density at radius 3 is 2.33 bits per heavy atom. The molecule has 0 aliphatic rings. The van der Waals surface area contributed by atoms with E-state index in [4.69, 9.17) is 0 Å². The van der Waals surface area contributed by atoms with Crippen molar-refractivity contribution in [3.05, 3.63) is 88.1 Å². The van der Waals surface area contributed by atoms with E-state index in [0.717, 1.165) is 17.4 Å². The van der Waals surface area contributed by atoms with E-state index in [9.17, 15) is 18.0 Å². The van der Waals surface area contributed by atoms with Crippen LogP contribution in [0.5, 0.6) is 0 Å². The number of nitrogens with one attached hydrogen (secondary N) is 2. The van der Waals surface area contributed by atoms with Gasteiger partial charge in [-0.3, -0.25) is 9.36 Å². The van der Waals surface area contributed by atoms with Crippen molar-refractivity contribution in [2.75, 3.05) is 6.26 Å². The van der Waals surface area contributed by atoms with Crippen molar-refractivity contribution in [2.45, 2.75) is 18.0 Å². The molecule has 0 saturated carbocycles. The molecule has 0 bridgehead atoms. The van der Waals surface area contributed by atoms with Crippen LogP contribution in [0.3, 0.4) is 0 Å². The minimum absolute atomic E-state index is 0.216. The first kappa shape index (κ1) is 18.7. The highest BCUT2D eigenvalue weighted by Crippen LogP contribution is 2.10. The number of imidazole rings is 1. The van der Waals surface area contributed by atoms with Gasteiger partial charge in [-0.05, 0) is 23.3 Å². The summed E-state index contributed by atoms with van der Waals surface area (Å²) in [6.07, 6.45) is 2.52. The molecule has 0 aliphatic carbocycles. The van der Waals surface area contributed by atoms with Crippen LogP contribution in [0.15, 0.2) is 70.5 Å². The molecular formula is C19H19N3O4S. The van der Waals surface area contributed by atoms with Gasteiger partial charge in [-0.2, -0.15) is 0 Å². The highest BCUT2D eigenvalue weighted by atomic mass is 32.2. The smallest absolute Gasteiger partial charge is 0.326 e. The molecule has 3 rings (SSSR count). The lowest BCUT2D eigenvalue weighted by Crippen LogP contribution is -2.29. The summed E-state index contributed by atoms with van der Waals surface area (Å²) in [5.74, 6) is -0.392. The molecule has 0 spiro atoms. The lowest BCUT2D eigenvalue weighted by atomic mass is 10.2. The molecule has 8 heteroatoms. The number of amides is 1. The summed E-state index contributed by atoms with van der Waals surface area (Å²) in [6.45, 7) is 0.503. The van der Waals surface area contributed by atoms with Gasteiger partial charge in [0.25, 0.3) is 5.91 Å². The third-order valence-corrected chi connectivity index (χ3v) is 5.22. The molecule has 0 atom stereocenters. The van der Waals surface area contributed by atoms with Crippen LogP contribution < -0.4 is 11.0 Å². The number of carbonyl (C=O) groups is 1. The van der Waals surface area contributed by atoms with E-state index < -0.39 is 15.7 Å². The first-order valence-corrected chi connectivity index (χ1v) is 10.1. The van der Waals surface area contributed by atoms with E-state index in [0.29, 0.717) is 0 Å². The van der Waals surface area contributed by atoms with Crippen molar-refractivity contribution in [1.29, 1.82) is 0 Å². The summed E-state index contributed by atoms with van der Waals surface area (Å²) in [6, 6.07) is 15.7. The van der Waals surface area contributed by atoms with Gasteiger partial charge in [0.05, 0.1) is 11.4 Å². The predicted octanol–water partition coefficient (Wildman–Crippen LogP) is 1.56. The zero-order chi connectivity index (χ0) is 19.4. The average molecular weight is 385 g/mol. The van der Waals surface area contributed by atoms with E-state index in [-0.39, 0.29) is 29.4 Å². The van der Waals surface area contributed by atoms with Gasteiger partial charge in [-0.1, -0.05) is 42.5 Å². The molecule has 0 radical (unpaired) electrons. The summed E-state index contributed by atoms with van der Waals surface area (Å²) in [5.41, 5.74) is 1.53. The molecule has 1 amide bonds. The maximum absolute atomic E-state index is 12.5. The number of aromatic nitrogens is 2. The number of nitrogens with zero attached hydrogens (tertiary/aromatic N) is 1. The molecule has 1 heterocycles. The van der Waals surface area contributed by atoms with E-state index in [1.54, 1.807) is 12.1 Å². The number of hydrogen-bond donors (Lipinski definition) is 2. The second kappa shape index (κ2) is 7.63. The van der Waals surface area contributed by atoms with E-state index in [2.05, 4.69) is 10.3 Å². The summed E-state index contributed by atoms with van der Waals surface area (Å²) < 4.78 is 24.3. The summed E-state index contributed by atoms with van der Waals surface area (Å²) in [4.78, 5) is 27.3. The van der Waals surface area contributed by atoms with E-state index >= 15 is 0 Å².